The third-order valence-corrected chi connectivity index (χ3v) is 4.33. The van der Waals surface area contributed by atoms with Crippen molar-refractivity contribution in [3.05, 3.63) is 47.3 Å². The smallest absolute Gasteiger partial charge is 0.277 e. The van der Waals surface area contributed by atoms with Gasteiger partial charge in [0.05, 0.1) is 0 Å². The number of rotatable bonds is 6. The van der Waals surface area contributed by atoms with E-state index in [1.165, 1.54) is 17.3 Å². The van der Waals surface area contributed by atoms with E-state index >= 15 is 0 Å². The van der Waals surface area contributed by atoms with E-state index < -0.39 is 0 Å². The van der Waals surface area contributed by atoms with E-state index in [9.17, 15) is 4.79 Å². The van der Waals surface area contributed by atoms with Gasteiger partial charge in [0.1, 0.15) is 6.20 Å². The van der Waals surface area contributed by atoms with E-state index in [0.717, 1.165) is 39.0 Å². The molecule has 1 N–H and O–H groups in total. The zero-order chi connectivity index (χ0) is 16.1. The molecule has 0 aliphatic carbocycles. The maximum absolute atomic E-state index is 12.1. The first-order valence-corrected chi connectivity index (χ1v) is 8.05. The summed E-state index contributed by atoms with van der Waals surface area (Å²) in [7, 11) is 0. The SMILES string of the molecule is Cc1ccc(CNCCC2CCN(C(=O)c3cnon3)C2)cc1. The summed E-state index contributed by atoms with van der Waals surface area (Å²) < 4.78 is 4.49. The van der Waals surface area contributed by atoms with Crippen molar-refractivity contribution in [1.82, 2.24) is 20.5 Å². The lowest BCUT2D eigenvalue weighted by molar-refractivity contribution is 0.0775. The molecule has 6 heteroatoms. The molecular formula is C17H22N4O2. The van der Waals surface area contributed by atoms with Gasteiger partial charge in [0, 0.05) is 19.6 Å². The lowest BCUT2D eigenvalue weighted by atomic mass is 10.1. The Morgan fingerprint density at radius 2 is 2.22 bits per heavy atom. The van der Waals surface area contributed by atoms with Crippen LogP contribution in [0.2, 0.25) is 0 Å². The van der Waals surface area contributed by atoms with Crippen LogP contribution in [0.15, 0.2) is 35.1 Å². The Kier molecular flexibility index (Phi) is 5.02. The lowest BCUT2D eigenvalue weighted by Gasteiger charge is -2.15. The number of benzene rings is 1. The molecule has 0 bridgehead atoms. The molecule has 1 aliphatic rings. The largest absolute Gasteiger partial charge is 0.337 e. The minimum absolute atomic E-state index is 0.0821. The second kappa shape index (κ2) is 7.37. The van der Waals surface area contributed by atoms with Crippen molar-refractivity contribution >= 4 is 5.91 Å². The summed E-state index contributed by atoms with van der Waals surface area (Å²) in [6.07, 6.45) is 3.49. The van der Waals surface area contributed by atoms with Crippen LogP contribution >= 0.6 is 0 Å². The van der Waals surface area contributed by atoms with Gasteiger partial charge < -0.3 is 10.2 Å². The summed E-state index contributed by atoms with van der Waals surface area (Å²) in [6, 6.07) is 8.58. The van der Waals surface area contributed by atoms with Crippen LogP contribution in [0.1, 0.15) is 34.5 Å². The molecule has 122 valence electrons. The molecule has 2 aromatic rings. The summed E-state index contributed by atoms with van der Waals surface area (Å²) in [4.78, 5) is 14.0. The third kappa shape index (κ3) is 4.16. The van der Waals surface area contributed by atoms with Gasteiger partial charge in [-0.2, -0.15) is 0 Å². The number of nitrogens with one attached hydrogen (secondary N) is 1. The molecule has 6 nitrogen and oxygen atoms in total. The maximum atomic E-state index is 12.1. The molecule has 2 heterocycles. The number of amides is 1. The van der Waals surface area contributed by atoms with Gasteiger partial charge in [0.25, 0.3) is 5.91 Å². The fourth-order valence-corrected chi connectivity index (χ4v) is 2.92. The number of carbonyl (C=O) groups excluding carboxylic acids is 1. The zero-order valence-corrected chi connectivity index (χ0v) is 13.4. The van der Waals surface area contributed by atoms with Crippen LogP contribution in [-0.2, 0) is 6.54 Å². The van der Waals surface area contributed by atoms with Crippen LogP contribution in [0.3, 0.4) is 0 Å². The minimum Gasteiger partial charge on any atom is -0.337 e. The molecular weight excluding hydrogens is 292 g/mol. The highest BCUT2D eigenvalue weighted by atomic mass is 16.6. The van der Waals surface area contributed by atoms with E-state index in [0.29, 0.717) is 11.6 Å². The molecule has 1 amide bonds. The fraction of sp³-hybridized carbons (Fsp3) is 0.471. The van der Waals surface area contributed by atoms with Crippen LogP contribution in [-0.4, -0.2) is 40.8 Å². The molecule has 1 aromatic carbocycles. The molecule has 1 fully saturated rings. The van der Waals surface area contributed by atoms with Gasteiger partial charge in [-0.1, -0.05) is 35.0 Å². The van der Waals surface area contributed by atoms with Crippen molar-refractivity contribution in [2.45, 2.75) is 26.3 Å². The normalized spacial score (nSPS) is 17.6. The van der Waals surface area contributed by atoms with Gasteiger partial charge in [0.2, 0.25) is 0 Å². The van der Waals surface area contributed by atoms with Crippen LogP contribution < -0.4 is 5.32 Å². The summed E-state index contributed by atoms with van der Waals surface area (Å²) in [5, 5.41) is 10.6. The van der Waals surface area contributed by atoms with Crippen molar-refractivity contribution in [3.63, 3.8) is 0 Å². The van der Waals surface area contributed by atoms with Crippen molar-refractivity contribution in [3.8, 4) is 0 Å². The Morgan fingerprint density at radius 1 is 1.39 bits per heavy atom. The first-order valence-electron chi connectivity index (χ1n) is 8.05. The number of likely N-dealkylation sites (tertiary alicyclic amines) is 1. The molecule has 3 rings (SSSR count). The van der Waals surface area contributed by atoms with E-state index in [1.807, 2.05) is 4.90 Å². The monoisotopic (exact) mass is 314 g/mol. The molecule has 0 radical (unpaired) electrons. The van der Waals surface area contributed by atoms with Crippen molar-refractivity contribution < 1.29 is 9.42 Å². The Labute approximate surface area is 135 Å². The van der Waals surface area contributed by atoms with Crippen LogP contribution in [0.4, 0.5) is 0 Å². The second-order valence-corrected chi connectivity index (χ2v) is 6.15. The Hall–Kier alpha value is -2.21. The average molecular weight is 314 g/mol. The fourth-order valence-electron chi connectivity index (χ4n) is 2.92. The number of hydrogen-bond donors (Lipinski definition) is 1. The maximum Gasteiger partial charge on any atom is 0.277 e. The number of nitrogens with zero attached hydrogens (tertiary/aromatic N) is 3. The number of carbonyl (C=O) groups is 1. The highest BCUT2D eigenvalue weighted by Crippen LogP contribution is 2.20. The van der Waals surface area contributed by atoms with Crippen molar-refractivity contribution in [2.75, 3.05) is 19.6 Å². The lowest BCUT2D eigenvalue weighted by Crippen LogP contribution is -2.29. The Morgan fingerprint density at radius 3 is 2.96 bits per heavy atom. The van der Waals surface area contributed by atoms with Crippen LogP contribution in [0.5, 0.6) is 0 Å². The quantitative estimate of drug-likeness (QED) is 0.826. The van der Waals surface area contributed by atoms with Crippen molar-refractivity contribution in [1.29, 1.82) is 0 Å². The van der Waals surface area contributed by atoms with E-state index in [2.05, 4.69) is 51.4 Å². The molecule has 23 heavy (non-hydrogen) atoms. The molecule has 0 spiro atoms. The van der Waals surface area contributed by atoms with Gasteiger partial charge in [-0.05, 0) is 42.9 Å². The summed E-state index contributed by atoms with van der Waals surface area (Å²) in [5.74, 6) is 0.464. The van der Waals surface area contributed by atoms with Crippen LogP contribution in [0.25, 0.3) is 0 Å². The van der Waals surface area contributed by atoms with Gasteiger partial charge in [0.15, 0.2) is 5.69 Å². The topological polar surface area (TPSA) is 71.3 Å². The second-order valence-electron chi connectivity index (χ2n) is 6.15. The van der Waals surface area contributed by atoms with Gasteiger partial charge in [-0.15, -0.1) is 0 Å². The highest BCUT2D eigenvalue weighted by Gasteiger charge is 2.28. The summed E-state index contributed by atoms with van der Waals surface area (Å²) in [6.45, 7) is 5.53. The molecule has 1 aromatic heterocycles. The molecule has 1 atom stereocenters. The summed E-state index contributed by atoms with van der Waals surface area (Å²) >= 11 is 0. The molecule has 1 saturated heterocycles. The Balaban J connectivity index is 1.37. The summed E-state index contributed by atoms with van der Waals surface area (Å²) in [5.41, 5.74) is 2.88. The predicted octanol–water partition coefficient (Wildman–Crippen LogP) is 2.02. The van der Waals surface area contributed by atoms with E-state index in [4.69, 9.17) is 0 Å². The predicted molar refractivity (Wildman–Crippen MR) is 85.8 cm³/mol. The average Bonchev–Trinajstić information content (AvgIpc) is 3.24. The molecule has 0 saturated carbocycles. The van der Waals surface area contributed by atoms with Gasteiger partial charge >= 0.3 is 0 Å². The van der Waals surface area contributed by atoms with Crippen molar-refractivity contribution in [2.24, 2.45) is 5.92 Å². The zero-order valence-electron chi connectivity index (χ0n) is 13.4. The number of aryl methyl sites for hydroxylation is 1. The highest BCUT2D eigenvalue weighted by molar-refractivity contribution is 5.91. The standard InChI is InChI=1S/C17H22N4O2/c1-13-2-4-14(5-3-13)10-18-8-6-15-7-9-21(12-15)17(22)16-11-19-23-20-16/h2-5,11,15,18H,6-10,12H2,1H3. The minimum atomic E-state index is -0.0821. The molecule has 1 aliphatic heterocycles. The first-order chi connectivity index (χ1) is 11.2. The number of hydrogen-bond acceptors (Lipinski definition) is 5. The van der Waals surface area contributed by atoms with Crippen LogP contribution in [0, 0.1) is 12.8 Å². The Bertz CT molecular complexity index is 625. The van der Waals surface area contributed by atoms with Gasteiger partial charge in [-0.25, -0.2) is 4.63 Å². The van der Waals surface area contributed by atoms with E-state index in [-0.39, 0.29) is 5.91 Å². The number of aromatic nitrogens is 2. The molecule has 1 unspecified atom stereocenters. The van der Waals surface area contributed by atoms with Gasteiger partial charge in [-0.3, -0.25) is 4.79 Å². The first kappa shape index (κ1) is 15.7. The van der Waals surface area contributed by atoms with E-state index in [1.54, 1.807) is 0 Å². The third-order valence-electron chi connectivity index (χ3n) is 4.33.